The van der Waals surface area contributed by atoms with E-state index in [-0.39, 0.29) is 6.03 Å². The molecule has 5 heteroatoms. The van der Waals surface area contributed by atoms with Crippen LogP contribution in [0, 0.1) is 0 Å². The Balaban J connectivity index is 1.33. The summed E-state index contributed by atoms with van der Waals surface area (Å²) < 4.78 is 0. The standard InChI is InChI=1S/C18H29N3OS/c22-18(20-16-6-4-2-1-3-5-7-16)19-10-12-21-11-8-17-15(14-21)9-13-23-17/h9,13,16H,1-8,10-12,14H2,(H2,19,20,22). The highest BCUT2D eigenvalue weighted by molar-refractivity contribution is 7.10. The van der Waals surface area contributed by atoms with Gasteiger partial charge >= 0.3 is 6.03 Å². The van der Waals surface area contributed by atoms with Crippen LogP contribution in [0.3, 0.4) is 0 Å². The largest absolute Gasteiger partial charge is 0.337 e. The molecule has 1 aromatic rings. The molecule has 23 heavy (non-hydrogen) atoms. The van der Waals surface area contributed by atoms with Crippen molar-refractivity contribution >= 4 is 17.4 Å². The minimum Gasteiger partial charge on any atom is -0.337 e. The molecule has 0 radical (unpaired) electrons. The van der Waals surface area contributed by atoms with Gasteiger partial charge in [-0.1, -0.05) is 32.1 Å². The van der Waals surface area contributed by atoms with Gasteiger partial charge in [0.15, 0.2) is 0 Å². The van der Waals surface area contributed by atoms with Crippen LogP contribution in [-0.2, 0) is 13.0 Å². The third kappa shape index (κ3) is 5.21. The number of hydrogen-bond donors (Lipinski definition) is 2. The minimum atomic E-state index is 0.0174. The number of hydrogen-bond acceptors (Lipinski definition) is 3. The van der Waals surface area contributed by atoms with Gasteiger partial charge in [-0.15, -0.1) is 11.3 Å². The van der Waals surface area contributed by atoms with E-state index in [1.54, 1.807) is 0 Å². The van der Waals surface area contributed by atoms with Gasteiger partial charge in [-0.05, 0) is 36.3 Å². The summed E-state index contributed by atoms with van der Waals surface area (Å²) in [6.45, 7) is 3.82. The Morgan fingerprint density at radius 3 is 2.83 bits per heavy atom. The number of urea groups is 1. The maximum Gasteiger partial charge on any atom is 0.315 e. The molecule has 0 atom stereocenters. The lowest BCUT2D eigenvalue weighted by Gasteiger charge is -2.27. The van der Waals surface area contributed by atoms with Gasteiger partial charge in [-0.2, -0.15) is 0 Å². The van der Waals surface area contributed by atoms with Crippen LogP contribution >= 0.6 is 11.3 Å². The molecule has 1 aromatic heterocycles. The van der Waals surface area contributed by atoms with Gasteiger partial charge in [-0.3, -0.25) is 4.90 Å². The summed E-state index contributed by atoms with van der Waals surface area (Å²) in [4.78, 5) is 16.0. The Labute approximate surface area is 143 Å². The summed E-state index contributed by atoms with van der Waals surface area (Å²) >= 11 is 1.87. The molecule has 3 rings (SSSR count). The molecule has 0 spiro atoms. The summed E-state index contributed by atoms with van der Waals surface area (Å²) in [5.41, 5.74) is 1.47. The molecule has 1 saturated carbocycles. The zero-order valence-corrected chi connectivity index (χ0v) is 14.8. The fraction of sp³-hybridized carbons (Fsp3) is 0.722. The van der Waals surface area contributed by atoms with Crippen molar-refractivity contribution in [3.05, 3.63) is 21.9 Å². The Morgan fingerprint density at radius 1 is 1.22 bits per heavy atom. The van der Waals surface area contributed by atoms with Gasteiger partial charge in [0.25, 0.3) is 0 Å². The van der Waals surface area contributed by atoms with Crippen molar-refractivity contribution in [3.8, 4) is 0 Å². The van der Waals surface area contributed by atoms with Crippen molar-refractivity contribution in [1.82, 2.24) is 15.5 Å². The Morgan fingerprint density at radius 2 is 2.00 bits per heavy atom. The van der Waals surface area contributed by atoms with E-state index in [2.05, 4.69) is 27.0 Å². The van der Waals surface area contributed by atoms with Crippen LogP contribution in [0.5, 0.6) is 0 Å². The van der Waals surface area contributed by atoms with Gasteiger partial charge in [0, 0.05) is 37.1 Å². The highest BCUT2D eigenvalue weighted by Gasteiger charge is 2.17. The summed E-state index contributed by atoms with van der Waals surface area (Å²) in [5.74, 6) is 0. The number of carbonyl (C=O) groups is 1. The zero-order chi connectivity index (χ0) is 15.9. The molecule has 1 aliphatic carbocycles. The number of fused-ring (bicyclic) bond motifs is 1. The lowest BCUT2D eigenvalue weighted by atomic mass is 9.97. The maximum absolute atomic E-state index is 12.1. The van der Waals surface area contributed by atoms with Crippen LogP contribution in [0.2, 0.25) is 0 Å². The van der Waals surface area contributed by atoms with Crippen LogP contribution < -0.4 is 10.6 Å². The van der Waals surface area contributed by atoms with Crippen LogP contribution in [0.1, 0.15) is 55.4 Å². The van der Waals surface area contributed by atoms with Gasteiger partial charge in [0.2, 0.25) is 0 Å². The normalized spacial score (nSPS) is 20.3. The molecular weight excluding hydrogens is 306 g/mol. The molecule has 128 valence electrons. The number of carbonyl (C=O) groups excluding carboxylic acids is 1. The number of nitrogens with zero attached hydrogens (tertiary/aromatic N) is 1. The molecule has 2 amide bonds. The number of thiophene rings is 1. The highest BCUT2D eigenvalue weighted by Crippen LogP contribution is 2.23. The van der Waals surface area contributed by atoms with E-state index in [4.69, 9.17) is 0 Å². The predicted octanol–water partition coefficient (Wildman–Crippen LogP) is 3.52. The van der Waals surface area contributed by atoms with Crippen molar-refractivity contribution in [2.75, 3.05) is 19.6 Å². The van der Waals surface area contributed by atoms with Gasteiger partial charge in [0.1, 0.15) is 0 Å². The van der Waals surface area contributed by atoms with E-state index in [9.17, 15) is 4.79 Å². The first-order chi connectivity index (χ1) is 11.3. The maximum atomic E-state index is 12.1. The quantitative estimate of drug-likeness (QED) is 0.884. The average Bonchev–Trinajstić information content (AvgIpc) is 2.97. The molecule has 0 saturated heterocycles. The monoisotopic (exact) mass is 335 g/mol. The summed E-state index contributed by atoms with van der Waals surface area (Å²) in [7, 11) is 0. The third-order valence-electron chi connectivity index (χ3n) is 5.04. The Bertz CT molecular complexity index is 494. The second-order valence-electron chi connectivity index (χ2n) is 6.84. The molecule has 1 aliphatic heterocycles. The molecule has 0 aromatic carbocycles. The fourth-order valence-corrected chi connectivity index (χ4v) is 4.55. The topological polar surface area (TPSA) is 44.4 Å². The molecule has 4 nitrogen and oxygen atoms in total. The van der Waals surface area contributed by atoms with Crippen LogP contribution in [0.25, 0.3) is 0 Å². The summed E-state index contributed by atoms with van der Waals surface area (Å²) in [5, 5.41) is 8.40. The molecule has 2 aliphatic rings. The van der Waals surface area contributed by atoms with Crippen molar-refractivity contribution in [3.63, 3.8) is 0 Å². The number of amides is 2. The van der Waals surface area contributed by atoms with Gasteiger partial charge in [-0.25, -0.2) is 4.79 Å². The lowest BCUT2D eigenvalue weighted by molar-refractivity contribution is 0.226. The minimum absolute atomic E-state index is 0.0174. The number of nitrogens with one attached hydrogen (secondary N) is 2. The van der Waals surface area contributed by atoms with Gasteiger partial charge < -0.3 is 10.6 Å². The number of rotatable bonds is 4. The van der Waals surface area contributed by atoms with Crippen LogP contribution in [-0.4, -0.2) is 36.6 Å². The zero-order valence-electron chi connectivity index (χ0n) is 14.0. The fourth-order valence-electron chi connectivity index (χ4n) is 3.66. The highest BCUT2D eigenvalue weighted by atomic mass is 32.1. The van der Waals surface area contributed by atoms with Crippen molar-refractivity contribution in [2.24, 2.45) is 0 Å². The molecule has 1 fully saturated rings. The van der Waals surface area contributed by atoms with E-state index in [0.29, 0.717) is 6.04 Å². The summed E-state index contributed by atoms with van der Waals surface area (Å²) in [6, 6.07) is 2.63. The van der Waals surface area contributed by atoms with Crippen molar-refractivity contribution in [1.29, 1.82) is 0 Å². The van der Waals surface area contributed by atoms with Gasteiger partial charge in [0.05, 0.1) is 0 Å². The molecule has 0 unspecified atom stereocenters. The third-order valence-corrected chi connectivity index (χ3v) is 6.06. The predicted molar refractivity (Wildman–Crippen MR) is 95.9 cm³/mol. The first-order valence-electron chi connectivity index (χ1n) is 9.13. The Kier molecular flexibility index (Phi) is 6.34. The second kappa shape index (κ2) is 8.69. The first-order valence-corrected chi connectivity index (χ1v) is 10.0. The molecule has 0 bridgehead atoms. The molecular formula is C18H29N3OS. The van der Waals surface area contributed by atoms with E-state index in [0.717, 1.165) is 45.4 Å². The van der Waals surface area contributed by atoms with Crippen molar-refractivity contribution < 1.29 is 4.79 Å². The second-order valence-corrected chi connectivity index (χ2v) is 7.84. The smallest absolute Gasteiger partial charge is 0.315 e. The van der Waals surface area contributed by atoms with Crippen molar-refractivity contribution in [2.45, 2.75) is 64.0 Å². The van der Waals surface area contributed by atoms with E-state index < -0.39 is 0 Å². The van der Waals surface area contributed by atoms with E-state index in [1.165, 1.54) is 42.5 Å². The first kappa shape index (κ1) is 16.8. The van der Waals surface area contributed by atoms with E-state index in [1.807, 2.05) is 11.3 Å². The Hall–Kier alpha value is -1.07. The molecule has 2 heterocycles. The summed E-state index contributed by atoms with van der Waals surface area (Å²) in [6.07, 6.45) is 9.94. The lowest BCUT2D eigenvalue weighted by Crippen LogP contribution is -2.45. The van der Waals surface area contributed by atoms with Crippen LogP contribution in [0.15, 0.2) is 11.4 Å². The van der Waals surface area contributed by atoms with Crippen LogP contribution in [0.4, 0.5) is 4.79 Å². The molecule has 2 N–H and O–H groups in total. The SMILES string of the molecule is O=C(NCCN1CCc2sccc2C1)NC1CCCCCCC1. The average molecular weight is 336 g/mol. The van der Waals surface area contributed by atoms with E-state index >= 15 is 0 Å².